The average Bonchev–Trinajstić information content (AvgIpc) is 2.49. The maximum absolute atomic E-state index is 13.0. The first kappa shape index (κ1) is 15.8. The number of ether oxygens (including phenoxy) is 1. The third kappa shape index (κ3) is 4.19. The summed E-state index contributed by atoms with van der Waals surface area (Å²) in [4.78, 5) is 0. The van der Waals surface area contributed by atoms with Gasteiger partial charge in [0.05, 0.1) is 12.1 Å². The Bertz CT molecular complexity index is 586. The van der Waals surface area contributed by atoms with E-state index < -0.39 is 0 Å². The van der Waals surface area contributed by atoms with E-state index in [9.17, 15) is 4.39 Å². The first-order valence-electron chi connectivity index (χ1n) is 6.95. The number of nitrogens with one attached hydrogen (secondary N) is 1. The van der Waals surface area contributed by atoms with Gasteiger partial charge in [0.15, 0.2) is 0 Å². The first-order valence-corrected chi connectivity index (χ1v) is 7.33. The van der Waals surface area contributed by atoms with Gasteiger partial charge in [0.25, 0.3) is 0 Å². The summed E-state index contributed by atoms with van der Waals surface area (Å²) in [6.45, 7) is 2.90. The minimum atomic E-state index is -0.216. The van der Waals surface area contributed by atoms with Crippen LogP contribution in [0, 0.1) is 5.82 Å². The lowest BCUT2D eigenvalue weighted by Crippen LogP contribution is -2.23. The Hall–Kier alpha value is -1.58. The molecule has 1 unspecified atom stereocenters. The van der Waals surface area contributed by atoms with Crippen molar-refractivity contribution in [2.75, 3.05) is 13.7 Å². The van der Waals surface area contributed by atoms with E-state index >= 15 is 0 Å². The number of rotatable bonds is 6. The molecule has 0 spiro atoms. The zero-order valence-corrected chi connectivity index (χ0v) is 13.0. The Kier molecular flexibility index (Phi) is 5.59. The smallest absolute Gasteiger partial charge is 0.137 e. The molecule has 0 fully saturated rings. The number of likely N-dealkylation sites (N-methyl/N-ethyl adjacent to an activating group) is 1. The Balaban J connectivity index is 2.21. The van der Waals surface area contributed by atoms with Crippen molar-refractivity contribution < 1.29 is 9.13 Å². The van der Waals surface area contributed by atoms with E-state index in [1.54, 1.807) is 7.11 Å². The molecule has 0 saturated carbocycles. The van der Waals surface area contributed by atoms with E-state index in [1.807, 2.05) is 30.3 Å². The number of halogens is 2. The summed E-state index contributed by atoms with van der Waals surface area (Å²) in [5.74, 6) is 0.448. The van der Waals surface area contributed by atoms with E-state index in [2.05, 4.69) is 12.2 Å². The molecule has 21 heavy (non-hydrogen) atoms. The second-order valence-corrected chi connectivity index (χ2v) is 5.24. The van der Waals surface area contributed by atoms with Crippen LogP contribution < -0.4 is 10.1 Å². The molecule has 0 radical (unpaired) electrons. The molecule has 2 aromatic carbocycles. The average molecular weight is 308 g/mol. The minimum Gasteiger partial charge on any atom is -0.495 e. The van der Waals surface area contributed by atoms with Crippen molar-refractivity contribution in [1.29, 1.82) is 0 Å². The fourth-order valence-corrected chi connectivity index (χ4v) is 2.58. The molecule has 1 N–H and O–H groups in total. The quantitative estimate of drug-likeness (QED) is 0.855. The first-order chi connectivity index (χ1) is 10.1. The van der Waals surface area contributed by atoms with Gasteiger partial charge in [0.2, 0.25) is 0 Å². The highest BCUT2D eigenvalue weighted by Gasteiger charge is 2.13. The van der Waals surface area contributed by atoms with Crippen LogP contribution in [-0.2, 0) is 6.42 Å². The van der Waals surface area contributed by atoms with Crippen LogP contribution in [0.3, 0.4) is 0 Å². The van der Waals surface area contributed by atoms with Crippen LogP contribution in [-0.4, -0.2) is 13.7 Å². The molecule has 0 saturated heterocycles. The van der Waals surface area contributed by atoms with Crippen LogP contribution in [0.4, 0.5) is 4.39 Å². The van der Waals surface area contributed by atoms with Crippen molar-refractivity contribution in [2.24, 2.45) is 0 Å². The summed E-state index contributed by atoms with van der Waals surface area (Å²) in [5, 5.41) is 4.03. The predicted octanol–water partition coefficient (Wildman–Crippen LogP) is 4.38. The molecule has 112 valence electrons. The van der Waals surface area contributed by atoms with Gasteiger partial charge in [-0.3, -0.25) is 0 Å². The van der Waals surface area contributed by atoms with Gasteiger partial charge in [-0.25, -0.2) is 4.39 Å². The van der Waals surface area contributed by atoms with Gasteiger partial charge in [-0.05, 0) is 48.4 Å². The number of hydrogen-bond acceptors (Lipinski definition) is 2. The summed E-state index contributed by atoms with van der Waals surface area (Å²) in [5.41, 5.74) is 2.17. The topological polar surface area (TPSA) is 21.3 Å². The zero-order valence-electron chi connectivity index (χ0n) is 12.2. The lowest BCUT2D eigenvalue weighted by molar-refractivity contribution is 0.414. The molecule has 4 heteroatoms. The molecular formula is C17H19ClFNO. The third-order valence-electron chi connectivity index (χ3n) is 3.38. The maximum atomic E-state index is 13.0. The second-order valence-electron chi connectivity index (χ2n) is 4.83. The summed E-state index contributed by atoms with van der Waals surface area (Å²) >= 11 is 6.20. The third-order valence-corrected chi connectivity index (χ3v) is 3.68. The highest BCUT2D eigenvalue weighted by atomic mass is 35.5. The van der Waals surface area contributed by atoms with Gasteiger partial charge in [-0.1, -0.05) is 36.7 Å². The summed E-state index contributed by atoms with van der Waals surface area (Å²) in [6, 6.07) is 12.5. The maximum Gasteiger partial charge on any atom is 0.137 e. The number of benzene rings is 2. The van der Waals surface area contributed by atoms with Gasteiger partial charge in [-0.2, -0.15) is 0 Å². The van der Waals surface area contributed by atoms with Crippen LogP contribution in [0.15, 0.2) is 42.5 Å². The molecule has 0 aliphatic rings. The molecule has 0 heterocycles. The van der Waals surface area contributed by atoms with Gasteiger partial charge in [-0.15, -0.1) is 0 Å². The number of hydrogen-bond donors (Lipinski definition) is 1. The molecule has 2 rings (SSSR count). The van der Waals surface area contributed by atoms with Crippen molar-refractivity contribution >= 4 is 11.6 Å². The second kappa shape index (κ2) is 7.43. The summed E-state index contributed by atoms with van der Waals surface area (Å²) in [7, 11) is 1.60. The van der Waals surface area contributed by atoms with Gasteiger partial charge in [0.1, 0.15) is 11.6 Å². The fourth-order valence-electron chi connectivity index (χ4n) is 2.31. The van der Waals surface area contributed by atoms with E-state index in [4.69, 9.17) is 16.3 Å². The van der Waals surface area contributed by atoms with Crippen molar-refractivity contribution in [3.8, 4) is 5.75 Å². The fraction of sp³-hybridized carbons (Fsp3) is 0.294. The molecule has 0 bridgehead atoms. The summed E-state index contributed by atoms with van der Waals surface area (Å²) < 4.78 is 18.2. The normalized spacial score (nSPS) is 12.2. The van der Waals surface area contributed by atoms with Crippen LogP contribution in [0.25, 0.3) is 0 Å². The Morgan fingerprint density at radius 2 is 1.90 bits per heavy atom. The Morgan fingerprint density at radius 1 is 1.19 bits per heavy atom. The van der Waals surface area contributed by atoms with Crippen molar-refractivity contribution in [1.82, 2.24) is 5.32 Å². The summed E-state index contributed by atoms with van der Waals surface area (Å²) in [6.07, 6.45) is 0.775. The number of methoxy groups -OCH3 is 1. The van der Waals surface area contributed by atoms with Crippen LogP contribution in [0.5, 0.6) is 5.75 Å². The van der Waals surface area contributed by atoms with Crippen LogP contribution >= 0.6 is 11.6 Å². The molecule has 0 aromatic heterocycles. The van der Waals surface area contributed by atoms with E-state index in [0.29, 0.717) is 10.8 Å². The monoisotopic (exact) mass is 307 g/mol. The molecule has 0 aliphatic heterocycles. The van der Waals surface area contributed by atoms with E-state index in [-0.39, 0.29) is 11.9 Å². The zero-order chi connectivity index (χ0) is 15.2. The van der Waals surface area contributed by atoms with Gasteiger partial charge in [0, 0.05) is 6.04 Å². The Morgan fingerprint density at radius 3 is 2.48 bits per heavy atom. The minimum absolute atomic E-state index is 0.129. The Labute approximate surface area is 129 Å². The molecule has 2 nitrogen and oxygen atoms in total. The molecule has 2 aromatic rings. The van der Waals surface area contributed by atoms with E-state index in [1.165, 1.54) is 12.1 Å². The highest BCUT2D eigenvalue weighted by Crippen LogP contribution is 2.29. The van der Waals surface area contributed by atoms with Crippen LogP contribution in [0.1, 0.15) is 24.1 Å². The predicted molar refractivity (Wildman–Crippen MR) is 84.5 cm³/mol. The van der Waals surface area contributed by atoms with Crippen LogP contribution in [0.2, 0.25) is 5.02 Å². The lowest BCUT2D eigenvalue weighted by Gasteiger charge is -2.19. The highest BCUT2D eigenvalue weighted by molar-refractivity contribution is 6.32. The lowest BCUT2D eigenvalue weighted by atomic mass is 9.98. The van der Waals surface area contributed by atoms with Crippen molar-refractivity contribution in [3.05, 3.63) is 64.4 Å². The molecular weight excluding hydrogens is 289 g/mol. The van der Waals surface area contributed by atoms with E-state index in [0.717, 1.165) is 24.1 Å². The molecule has 0 aliphatic carbocycles. The molecule has 1 atom stereocenters. The molecule has 0 amide bonds. The largest absolute Gasteiger partial charge is 0.495 e. The van der Waals surface area contributed by atoms with Gasteiger partial charge >= 0.3 is 0 Å². The standard InChI is InChI=1S/C17H19ClFNO/c1-3-20-16(10-12-4-7-14(19)8-5-12)13-6-9-17(21-2)15(18)11-13/h4-9,11,16,20H,3,10H2,1-2H3. The van der Waals surface area contributed by atoms with Gasteiger partial charge < -0.3 is 10.1 Å². The SMILES string of the molecule is CCNC(Cc1ccc(F)cc1)c1ccc(OC)c(Cl)c1. The van der Waals surface area contributed by atoms with Crippen molar-refractivity contribution in [3.63, 3.8) is 0 Å². The van der Waals surface area contributed by atoms with Crippen molar-refractivity contribution in [2.45, 2.75) is 19.4 Å².